The highest BCUT2D eigenvalue weighted by Crippen LogP contribution is 2.44. The van der Waals surface area contributed by atoms with E-state index in [-0.39, 0.29) is 17.6 Å². The Kier molecular flexibility index (Phi) is 3.63. The van der Waals surface area contributed by atoms with Gasteiger partial charge in [0, 0.05) is 18.3 Å². The molecule has 1 aromatic rings. The van der Waals surface area contributed by atoms with Gasteiger partial charge in [-0.15, -0.1) is 0 Å². The Morgan fingerprint density at radius 3 is 2.67 bits per heavy atom. The van der Waals surface area contributed by atoms with Crippen LogP contribution in [-0.2, 0) is 4.74 Å². The molecule has 21 heavy (non-hydrogen) atoms. The summed E-state index contributed by atoms with van der Waals surface area (Å²) in [7, 11) is 0. The standard InChI is InChI=1S/C18H21NO2/c1-13(2)20-16-10-17(11-16)21-15-5-4-14(19-12-15)6-7-18(3)8-9-18/h4-5,12,16-17H,1,8-11H2,2-3H3. The van der Waals surface area contributed by atoms with Crippen LogP contribution in [0, 0.1) is 17.3 Å². The molecule has 110 valence electrons. The van der Waals surface area contributed by atoms with Crippen molar-refractivity contribution in [2.45, 2.75) is 51.7 Å². The molecule has 0 radical (unpaired) electrons. The van der Waals surface area contributed by atoms with E-state index in [0.29, 0.717) is 0 Å². The van der Waals surface area contributed by atoms with Crippen molar-refractivity contribution in [1.29, 1.82) is 0 Å². The first-order chi connectivity index (χ1) is 10.0. The molecule has 2 fully saturated rings. The lowest BCUT2D eigenvalue weighted by molar-refractivity contribution is -0.0302. The molecule has 0 aromatic carbocycles. The Bertz CT molecular complexity index is 584. The lowest BCUT2D eigenvalue weighted by atomic mass is 9.92. The van der Waals surface area contributed by atoms with Gasteiger partial charge in [-0.05, 0) is 44.7 Å². The first-order valence-electron chi connectivity index (χ1n) is 7.50. The van der Waals surface area contributed by atoms with Crippen molar-refractivity contribution in [3.05, 3.63) is 36.4 Å². The van der Waals surface area contributed by atoms with Gasteiger partial charge in [-0.25, -0.2) is 4.98 Å². The summed E-state index contributed by atoms with van der Waals surface area (Å²) in [6.07, 6.45) is 6.46. The first-order valence-corrected chi connectivity index (χ1v) is 7.50. The number of allylic oxidation sites excluding steroid dienone is 1. The highest BCUT2D eigenvalue weighted by molar-refractivity contribution is 5.34. The number of rotatable bonds is 4. The minimum atomic E-state index is 0.221. The second-order valence-electron chi connectivity index (χ2n) is 6.34. The largest absolute Gasteiger partial charge is 0.495 e. The van der Waals surface area contributed by atoms with Crippen molar-refractivity contribution in [2.75, 3.05) is 0 Å². The van der Waals surface area contributed by atoms with Gasteiger partial charge in [0.2, 0.25) is 0 Å². The predicted octanol–water partition coefficient (Wildman–Crippen LogP) is 3.69. The average molecular weight is 283 g/mol. The Balaban J connectivity index is 1.49. The normalized spacial score (nSPS) is 25.0. The van der Waals surface area contributed by atoms with Gasteiger partial charge in [0.05, 0.1) is 12.0 Å². The fourth-order valence-electron chi connectivity index (χ4n) is 2.24. The molecule has 3 nitrogen and oxygen atoms in total. The summed E-state index contributed by atoms with van der Waals surface area (Å²) >= 11 is 0. The Morgan fingerprint density at radius 1 is 1.33 bits per heavy atom. The minimum absolute atomic E-state index is 0.221. The molecular formula is C18H21NO2. The van der Waals surface area contributed by atoms with Crippen molar-refractivity contribution in [1.82, 2.24) is 4.98 Å². The molecule has 0 bridgehead atoms. The number of pyridine rings is 1. The molecule has 2 aliphatic carbocycles. The fraction of sp³-hybridized carbons (Fsp3) is 0.500. The predicted molar refractivity (Wildman–Crippen MR) is 81.8 cm³/mol. The summed E-state index contributed by atoms with van der Waals surface area (Å²) in [5, 5.41) is 0. The Labute approximate surface area is 126 Å². The SMILES string of the molecule is C=C(C)OC1CC(Oc2ccc(C#CC3(C)CC3)nc2)C1. The van der Waals surface area contributed by atoms with E-state index in [4.69, 9.17) is 9.47 Å². The van der Waals surface area contributed by atoms with Crippen LogP contribution in [0.2, 0.25) is 0 Å². The van der Waals surface area contributed by atoms with Crippen LogP contribution in [-0.4, -0.2) is 17.2 Å². The average Bonchev–Trinajstić information content (AvgIpc) is 3.13. The Hall–Kier alpha value is -1.95. The van der Waals surface area contributed by atoms with Gasteiger partial charge < -0.3 is 9.47 Å². The molecule has 1 heterocycles. The van der Waals surface area contributed by atoms with E-state index in [2.05, 4.69) is 30.3 Å². The van der Waals surface area contributed by atoms with Gasteiger partial charge >= 0.3 is 0 Å². The first kappa shape index (κ1) is 14.0. The number of nitrogens with zero attached hydrogens (tertiary/aromatic N) is 1. The van der Waals surface area contributed by atoms with E-state index >= 15 is 0 Å². The van der Waals surface area contributed by atoms with Crippen LogP contribution in [0.1, 0.15) is 45.2 Å². The van der Waals surface area contributed by atoms with E-state index in [0.717, 1.165) is 30.0 Å². The molecule has 2 aliphatic rings. The maximum Gasteiger partial charge on any atom is 0.138 e. The zero-order valence-electron chi connectivity index (χ0n) is 12.7. The van der Waals surface area contributed by atoms with E-state index < -0.39 is 0 Å². The third kappa shape index (κ3) is 3.78. The van der Waals surface area contributed by atoms with Crippen LogP contribution in [0.5, 0.6) is 5.75 Å². The Morgan fingerprint density at radius 2 is 2.10 bits per heavy atom. The molecule has 0 amide bonds. The van der Waals surface area contributed by atoms with Crippen LogP contribution in [0.25, 0.3) is 0 Å². The summed E-state index contributed by atoms with van der Waals surface area (Å²) in [6, 6.07) is 3.87. The molecule has 2 saturated carbocycles. The van der Waals surface area contributed by atoms with E-state index in [1.807, 2.05) is 19.1 Å². The quantitative estimate of drug-likeness (QED) is 0.624. The molecule has 0 atom stereocenters. The number of hydrogen-bond donors (Lipinski definition) is 0. The van der Waals surface area contributed by atoms with Gasteiger partial charge in [-0.2, -0.15) is 0 Å². The molecule has 3 heteroatoms. The van der Waals surface area contributed by atoms with Crippen molar-refractivity contribution < 1.29 is 9.47 Å². The maximum atomic E-state index is 5.85. The fourth-order valence-corrected chi connectivity index (χ4v) is 2.24. The van der Waals surface area contributed by atoms with E-state index in [9.17, 15) is 0 Å². The molecule has 0 N–H and O–H groups in total. The van der Waals surface area contributed by atoms with Crippen LogP contribution in [0.3, 0.4) is 0 Å². The van der Waals surface area contributed by atoms with Crippen LogP contribution < -0.4 is 4.74 Å². The van der Waals surface area contributed by atoms with Gasteiger partial charge in [0.15, 0.2) is 0 Å². The summed E-state index contributed by atoms with van der Waals surface area (Å²) in [4.78, 5) is 4.34. The summed E-state index contributed by atoms with van der Waals surface area (Å²) in [6.45, 7) is 7.82. The number of aromatic nitrogens is 1. The maximum absolute atomic E-state index is 5.85. The zero-order valence-corrected chi connectivity index (χ0v) is 12.7. The van der Waals surface area contributed by atoms with Crippen molar-refractivity contribution in [3.63, 3.8) is 0 Å². The second-order valence-corrected chi connectivity index (χ2v) is 6.34. The third-order valence-corrected chi connectivity index (χ3v) is 3.95. The highest BCUT2D eigenvalue weighted by atomic mass is 16.5. The lowest BCUT2D eigenvalue weighted by Crippen LogP contribution is -2.39. The monoisotopic (exact) mass is 283 g/mol. The molecule has 1 aromatic heterocycles. The summed E-state index contributed by atoms with van der Waals surface area (Å²) in [5.41, 5.74) is 1.05. The van der Waals surface area contributed by atoms with Crippen molar-refractivity contribution >= 4 is 0 Å². The molecular weight excluding hydrogens is 262 g/mol. The van der Waals surface area contributed by atoms with Gasteiger partial charge in [-0.3, -0.25) is 0 Å². The van der Waals surface area contributed by atoms with Crippen LogP contribution in [0.4, 0.5) is 0 Å². The second kappa shape index (κ2) is 5.44. The molecule has 3 rings (SSSR count). The summed E-state index contributed by atoms with van der Waals surface area (Å²) in [5.74, 6) is 7.99. The molecule has 0 aliphatic heterocycles. The summed E-state index contributed by atoms with van der Waals surface area (Å²) < 4.78 is 11.4. The van der Waals surface area contributed by atoms with Gasteiger partial charge in [0.1, 0.15) is 23.7 Å². The van der Waals surface area contributed by atoms with E-state index in [1.54, 1.807) is 6.20 Å². The molecule has 0 unspecified atom stereocenters. The number of ether oxygens (including phenoxy) is 2. The zero-order chi connectivity index (χ0) is 14.9. The van der Waals surface area contributed by atoms with E-state index in [1.165, 1.54) is 12.8 Å². The van der Waals surface area contributed by atoms with Gasteiger partial charge in [0.25, 0.3) is 0 Å². The van der Waals surface area contributed by atoms with Crippen LogP contribution in [0.15, 0.2) is 30.7 Å². The highest BCUT2D eigenvalue weighted by Gasteiger charge is 2.35. The molecule has 0 saturated heterocycles. The van der Waals surface area contributed by atoms with Crippen molar-refractivity contribution in [2.24, 2.45) is 5.41 Å². The lowest BCUT2D eigenvalue weighted by Gasteiger charge is -2.35. The van der Waals surface area contributed by atoms with Gasteiger partial charge in [-0.1, -0.05) is 12.5 Å². The molecule has 0 spiro atoms. The van der Waals surface area contributed by atoms with Crippen molar-refractivity contribution in [3.8, 4) is 17.6 Å². The van der Waals surface area contributed by atoms with Crippen LogP contribution >= 0.6 is 0 Å². The smallest absolute Gasteiger partial charge is 0.138 e. The topological polar surface area (TPSA) is 31.4 Å². The number of hydrogen-bond acceptors (Lipinski definition) is 3. The minimum Gasteiger partial charge on any atom is -0.495 e. The third-order valence-electron chi connectivity index (χ3n) is 3.95.